The Bertz CT molecular complexity index is 1570. The number of nitrogens with one attached hydrogen (secondary N) is 1. The predicted octanol–water partition coefficient (Wildman–Crippen LogP) is 6.12. The molecule has 4 aromatic carbocycles. The van der Waals surface area contributed by atoms with Crippen LogP contribution in [-0.4, -0.2) is 35.1 Å². The number of nitrogens with zero attached hydrogens (tertiary/aromatic N) is 1. The second-order valence-electron chi connectivity index (χ2n) is 8.11. The molecule has 0 atom stereocenters. The summed E-state index contributed by atoms with van der Waals surface area (Å²) in [6.45, 7) is -0.639. The van der Waals surface area contributed by atoms with Crippen molar-refractivity contribution in [1.82, 2.24) is 0 Å². The Balaban J connectivity index is 1.67. The smallest absolute Gasteiger partial charge is 0.264 e. The highest BCUT2D eigenvalue weighted by atomic mass is 35.5. The van der Waals surface area contributed by atoms with Crippen LogP contribution in [0.5, 0.6) is 23.0 Å². The summed E-state index contributed by atoms with van der Waals surface area (Å²) in [5, 5.41) is 3.01. The fraction of sp³-hybridized carbons (Fsp3) is 0.107. The third kappa shape index (κ3) is 6.60. The van der Waals surface area contributed by atoms with Crippen LogP contribution in [0.1, 0.15) is 0 Å². The van der Waals surface area contributed by atoms with Crippen molar-refractivity contribution in [3.63, 3.8) is 0 Å². The van der Waals surface area contributed by atoms with Gasteiger partial charge in [-0.05, 0) is 66.7 Å². The summed E-state index contributed by atoms with van der Waals surface area (Å²) >= 11 is 6.15. The van der Waals surface area contributed by atoms with E-state index in [2.05, 4.69) is 5.32 Å². The number of para-hydroxylation sites is 1. The van der Waals surface area contributed by atoms with Crippen LogP contribution in [0.3, 0.4) is 0 Å². The number of anilines is 2. The molecule has 0 spiro atoms. The lowest BCUT2D eigenvalue weighted by Gasteiger charge is -2.25. The molecule has 0 saturated heterocycles. The standard InChI is InChI=1S/C28H24ClFN2O6S/c1-36-26-15-13-23(17-27(26)37-2)39(34,35)32(21-11-9-20(30)10-12-21)18-28(33)31-24-16-19(29)8-14-25(24)38-22-6-4-3-5-7-22/h3-17H,18H2,1-2H3,(H,31,33). The molecule has 0 aliphatic carbocycles. The van der Waals surface area contributed by atoms with Crippen LogP contribution in [0, 0.1) is 5.82 Å². The third-order valence-corrected chi connectivity index (χ3v) is 7.54. The van der Waals surface area contributed by atoms with Crippen molar-refractivity contribution in [2.75, 3.05) is 30.4 Å². The van der Waals surface area contributed by atoms with Crippen LogP contribution in [0.2, 0.25) is 5.02 Å². The van der Waals surface area contributed by atoms with Gasteiger partial charge >= 0.3 is 0 Å². The number of carbonyl (C=O) groups is 1. The molecule has 8 nitrogen and oxygen atoms in total. The SMILES string of the molecule is COc1ccc(S(=O)(=O)N(CC(=O)Nc2cc(Cl)ccc2Oc2ccccc2)c2ccc(F)cc2)cc1OC. The molecular weight excluding hydrogens is 547 g/mol. The molecule has 0 aliphatic rings. The first-order valence-electron chi connectivity index (χ1n) is 11.5. The Kier molecular flexibility index (Phi) is 8.58. The van der Waals surface area contributed by atoms with E-state index in [1.165, 1.54) is 50.6 Å². The van der Waals surface area contributed by atoms with Crippen LogP contribution in [0.25, 0.3) is 0 Å². The second-order valence-corrected chi connectivity index (χ2v) is 10.4. The molecule has 202 valence electrons. The number of amides is 1. The number of benzene rings is 4. The van der Waals surface area contributed by atoms with Gasteiger partial charge in [-0.25, -0.2) is 12.8 Å². The Hall–Kier alpha value is -4.28. The molecule has 0 bridgehead atoms. The summed E-state index contributed by atoms with van der Waals surface area (Å²) in [7, 11) is -1.52. The summed E-state index contributed by atoms with van der Waals surface area (Å²) in [5.74, 6) is 0.0873. The Labute approximate surface area is 230 Å². The molecule has 4 aromatic rings. The van der Waals surface area contributed by atoms with E-state index in [-0.39, 0.29) is 22.0 Å². The number of methoxy groups -OCH3 is 2. The first kappa shape index (κ1) is 27.7. The maximum Gasteiger partial charge on any atom is 0.264 e. The second kappa shape index (κ2) is 12.1. The average molecular weight is 571 g/mol. The average Bonchev–Trinajstić information content (AvgIpc) is 2.94. The normalized spacial score (nSPS) is 11.0. The molecule has 1 N–H and O–H groups in total. The quantitative estimate of drug-likeness (QED) is 0.247. The monoisotopic (exact) mass is 570 g/mol. The molecule has 0 aliphatic heterocycles. The fourth-order valence-electron chi connectivity index (χ4n) is 3.65. The zero-order chi connectivity index (χ0) is 28.0. The van der Waals surface area contributed by atoms with Crippen LogP contribution in [0.15, 0.2) is 95.9 Å². The molecule has 11 heteroatoms. The first-order chi connectivity index (χ1) is 18.7. The van der Waals surface area contributed by atoms with Crippen LogP contribution >= 0.6 is 11.6 Å². The maximum atomic E-state index is 13.7. The van der Waals surface area contributed by atoms with Gasteiger partial charge in [0.1, 0.15) is 18.1 Å². The van der Waals surface area contributed by atoms with Crippen molar-refractivity contribution in [2.24, 2.45) is 0 Å². The van der Waals surface area contributed by atoms with Crippen molar-refractivity contribution in [1.29, 1.82) is 0 Å². The van der Waals surface area contributed by atoms with Gasteiger partial charge in [0.2, 0.25) is 5.91 Å². The van der Waals surface area contributed by atoms with Gasteiger partial charge in [-0.15, -0.1) is 0 Å². The zero-order valence-corrected chi connectivity index (χ0v) is 22.5. The van der Waals surface area contributed by atoms with Gasteiger partial charge in [0.25, 0.3) is 10.0 Å². The lowest BCUT2D eigenvalue weighted by atomic mass is 10.2. The minimum Gasteiger partial charge on any atom is -0.493 e. The van der Waals surface area contributed by atoms with Crippen molar-refractivity contribution in [3.05, 3.63) is 102 Å². The molecule has 0 unspecified atom stereocenters. The van der Waals surface area contributed by atoms with E-state index in [0.29, 0.717) is 22.3 Å². The highest BCUT2D eigenvalue weighted by Gasteiger charge is 2.29. The van der Waals surface area contributed by atoms with Crippen LogP contribution in [0.4, 0.5) is 15.8 Å². The largest absolute Gasteiger partial charge is 0.493 e. The van der Waals surface area contributed by atoms with Crippen LogP contribution in [-0.2, 0) is 14.8 Å². The molecule has 0 aromatic heterocycles. The summed E-state index contributed by atoms with van der Waals surface area (Å²) in [6.07, 6.45) is 0. The number of ether oxygens (including phenoxy) is 3. The predicted molar refractivity (Wildman–Crippen MR) is 147 cm³/mol. The lowest BCUT2D eigenvalue weighted by molar-refractivity contribution is -0.114. The fourth-order valence-corrected chi connectivity index (χ4v) is 5.26. The van der Waals surface area contributed by atoms with E-state index < -0.39 is 28.3 Å². The summed E-state index contributed by atoms with van der Waals surface area (Å²) in [5.41, 5.74) is 0.312. The van der Waals surface area contributed by atoms with Gasteiger partial charge in [-0.3, -0.25) is 9.10 Å². The minimum atomic E-state index is -4.32. The van der Waals surface area contributed by atoms with Crippen LogP contribution < -0.4 is 23.8 Å². The Morgan fingerprint density at radius 1 is 0.872 bits per heavy atom. The summed E-state index contributed by atoms with van der Waals surface area (Å²) < 4.78 is 58.3. The zero-order valence-electron chi connectivity index (χ0n) is 20.9. The number of rotatable bonds is 10. The molecule has 0 saturated carbocycles. The summed E-state index contributed by atoms with van der Waals surface area (Å²) in [4.78, 5) is 13.1. The highest BCUT2D eigenvalue weighted by molar-refractivity contribution is 7.92. The van der Waals surface area contributed by atoms with Gasteiger partial charge in [-0.2, -0.15) is 0 Å². The third-order valence-electron chi connectivity index (χ3n) is 5.53. The van der Waals surface area contributed by atoms with Gasteiger partial charge in [0.15, 0.2) is 17.2 Å². The van der Waals surface area contributed by atoms with E-state index in [4.69, 9.17) is 25.8 Å². The molecule has 0 radical (unpaired) electrons. The van der Waals surface area contributed by atoms with Crippen molar-refractivity contribution in [2.45, 2.75) is 4.90 Å². The van der Waals surface area contributed by atoms with Gasteiger partial charge in [0, 0.05) is 11.1 Å². The van der Waals surface area contributed by atoms with Gasteiger partial charge in [0.05, 0.1) is 30.5 Å². The van der Waals surface area contributed by atoms with Gasteiger partial charge in [-0.1, -0.05) is 29.8 Å². The molecule has 0 heterocycles. The van der Waals surface area contributed by atoms with E-state index in [1.807, 2.05) is 6.07 Å². The topological polar surface area (TPSA) is 94.2 Å². The molecule has 39 heavy (non-hydrogen) atoms. The van der Waals surface area contributed by atoms with Gasteiger partial charge < -0.3 is 19.5 Å². The van der Waals surface area contributed by atoms with E-state index in [9.17, 15) is 17.6 Å². The number of halogens is 2. The van der Waals surface area contributed by atoms with E-state index in [1.54, 1.807) is 36.4 Å². The molecule has 1 amide bonds. The van der Waals surface area contributed by atoms with Crippen molar-refractivity contribution >= 4 is 38.9 Å². The highest BCUT2D eigenvalue weighted by Crippen LogP contribution is 2.34. The number of hydrogen-bond acceptors (Lipinski definition) is 6. The Morgan fingerprint density at radius 3 is 2.21 bits per heavy atom. The maximum absolute atomic E-state index is 13.7. The minimum absolute atomic E-state index is 0.0770. The Morgan fingerprint density at radius 2 is 1.54 bits per heavy atom. The van der Waals surface area contributed by atoms with E-state index in [0.717, 1.165) is 16.4 Å². The molecular formula is C28H24ClFN2O6S. The number of sulfonamides is 1. The van der Waals surface area contributed by atoms with E-state index >= 15 is 0 Å². The number of carbonyl (C=O) groups excluding carboxylic acids is 1. The summed E-state index contributed by atoms with van der Waals surface area (Å²) in [6, 6.07) is 22.4. The lowest BCUT2D eigenvalue weighted by Crippen LogP contribution is -2.38. The number of hydrogen-bond donors (Lipinski definition) is 1. The molecule has 4 rings (SSSR count). The van der Waals surface area contributed by atoms with Crippen molar-refractivity contribution < 1.29 is 31.8 Å². The van der Waals surface area contributed by atoms with Crippen molar-refractivity contribution in [3.8, 4) is 23.0 Å². The molecule has 0 fully saturated rings. The first-order valence-corrected chi connectivity index (χ1v) is 13.4.